The maximum absolute atomic E-state index is 12.5. The number of ketones is 1. The third-order valence-electron chi connectivity index (χ3n) is 2.97. The molecule has 2 heterocycles. The van der Waals surface area contributed by atoms with Crippen molar-refractivity contribution in [3.8, 4) is 0 Å². The van der Waals surface area contributed by atoms with Crippen LogP contribution in [0.2, 0.25) is 0 Å². The van der Waals surface area contributed by atoms with Gasteiger partial charge in [-0.2, -0.15) is 4.31 Å². The molecular weight excluding hydrogens is 282 g/mol. The molecule has 0 bridgehead atoms. The molecule has 7 nitrogen and oxygen atoms in total. The number of amides is 1. The van der Waals surface area contributed by atoms with E-state index in [1.807, 2.05) is 0 Å². The van der Waals surface area contributed by atoms with Gasteiger partial charge in [-0.05, 0) is 25.0 Å². The van der Waals surface area contributed by atoms with Crippen molar-refractivity contribution in [2.45, 2.75) is 23.9 Å². The first-order chi connectivity index (χ1) is 9.44. The van der Waals surface area contributed by atoms with Gasteiger partial charge in [-0.25, -0.2) is 13.4 Å². The number of nitrogens with zero attached hydrogens (tertiary/aromatic N) is 2. The standard InChI is InChI=1S/C12H14N3O4S/c13-12(17)11-9(16)5-2-4-8-15(11)20(18,19)10-6-1-3-7-14-10/h1,3,5-7,11H,2,4,8H2,(H2,13,17). The summed E-state index contributed by atoms with van der Waals surface area (Å²) in [6.45, 7) is 0.0504. The molecule has 1 aromatic heterocycles. The van der Waals surface area contributed by atoms with E-state index in [4.69, 9.17) is 5.73 Å². The van der Waals surface area contributed by atoms with E-state index in [0.29, 0.717) is 12.8 Å². The van der Waals surface area contributed by atoms with Gasteiger partial charge in [-0.15, -0.1) is 0 Å². The molecule has 20 heavy (non-hydrogen) atoms. The molecule has 1 radical (unpaired) electrons. The molecule has 1 aromatic rings. The van der Waals surface area contributed by atoms with Gasteiger partial charge in [0.15, 0.2) is 16.9 Å². The minimum absolute atomic E-state index is 0.0504. The molecule has 0 aromatic carbocycles. The lowest BCUT2D eigenvalue weighted by atomic mass is 10.1. The van der Waals surface area contributed by atoms with E-state index in [-0.39, 0.29) is 11.6 Å². The second kappa shape index (κ2) is 5.68. The zero-order valence-corrected chi connectivity index (χ0v) is 11.4. The van der Waals surface area contributed by atoms with Crippen LogP contribution in [0.3, 0.4) is 0 Å². The van der Waals surface area contributed by atoms with Gasteiger partial charge in [0.25, 0.3) is 10.0 Å². The number of hydrogen-bond donors (Lipinski definition) is 1. The van der Waals surface area contributed by atoms with Gasteiger partial charge >= 0.3 is 0 Å². The van der Waals surface area contributed by atoms with E-state index < -0.39 is 27.8 Å². The smallest absolute Gasteiger partial charge is 0.261 e. The Labute approximate surface area is 116 Å². The van der Waals surface area contributed by atoms with Gasteiger partial charge in [-0.3, -0.25) is 9.59 Å². The van der Waals surface area contributed by atoms with Crippen molar-refractivity contribution in [3.63, 3.8) is 0 Å². The first-order valence-corrected chi connectivity index (χ1v) is 7.48. The Morgan fingerprint density at radius 3 is 2.75 bits per heavy atom. The fourth-order valence-electron chi connectivity index (χ4n) is 2.03. The third-order valence-corrected chi connectivity index (χ3v) is 4.75. The number of primary amides is 1. The minimum atomic E-state index is -4.03. The molecule has 1 saturated heterocycles. The normalized spacial score (nSPS) is 21.4. The average Bonchev–Trinajstić information content (AvgIpc) is 2.62. The number of aromatic nitrogens is 1. The number of sulfonamides is 1. The van der Waals surface area contributed by atoms with Crippen molar-refractivity contribution in [2.75, 3.05) is 6.54 Å². The predicted molar refractivity (Wildman–Crippen MR) is 69.7 cm³/mol. The minimum Gasteiger partial charge on any atom is -0.368 e. The molecule has 1 aliphatic heterocycles. The molecule has 1 aliphatic rings. The maximum atomic E-state index is 12.5. The Balaban J connectivity index is 2.46. The molecule has 2 N–H and O–H groups in total. The first-order valence-electron chi connectivity index (χ1n) is 6.04. The topological polar surface area (TPSA) is 110 Å². The van der Waals surface area contributed by atoms with E-state index in [2.05, 4.69) is 4.98 Å². The van der Waals surface area contributed by atoms with Crippen LogP contribution in [-0.2, 0) is 19.6 Å². The Bertz CT molecular complexity index is 615. The lowest BCUT2D eigenvalue weighted by Gasteiger charge is -2.25. The van der Waals surface area contributed by atoms with Crippen LogP contribution in [0.1, 0.15) is 12.8 Å². The molecule has 1 fully saturated rings. The van der Waals surface area contributed by atoms with Crippen LogP contribution in [-0.4, -0.2) is 42.0 Å². The summed E-state index contributed by atoms with van der Waals surface area (Å²) in [5.74, 6) is -1.57. The van der Waals surface area contributed by atoms with Crippen molar-refractivity contribution in [2.24, 2.45) is 5.73 Å². The molecule has 1 atom stereocenters. The summed E-state index contributed by atoms with van der Waals surface area (Å²) in [5, 5.41) is -0.207. The summed E-state index contributed by atoms with van der Waals surface area (Å²) in [6.07, 6.45) is 3.50. The van der Waals surface area contributed by atoms with Crippen LogP contribution in [0, 0.1) is 6.42 Å². The van der Waals surface area contributed by atoms with E-state index >= 15 is 0 Å². The van der Waals surface area contributed by atoms with Crippen LogP contribution in [0.5, 0.6) is 0 Å². The fraction of sp³-hybridized carbons (Fsp3) is 0.333. The van der Waals surface area contributed by atoms with E-state index in [1.165, 1.54) is 24.8 Å². The number of Topliss-reactive ketones (excluding diaryl/α,β-unsaturated/α-hetero) is 1. The van der Waals surface area contributed by atoms with Crippen LogP contribution >= 0.6 is 0 Å². The molecule has 107 valence electrons. The number of rotatable bonds is 3. The number of hydrogen-bond acceptors (Lipinski definition) is 5. The third kappa shape index (κ3) is 2.70. The number of nitrogens with two attached hydrogens (primary N) is 1. The zero-order valence-electron chi connectivity index (χ0n) is 10.6. The fourth-order valence-corrected chi connectivity index (χ4v) is 3.57. The van der Waals surface area contributed by atoms with Crippen LogP contribution in [0.25, 0.3) is 0 Å². The number of carbonyl (C=O) groups is 2. The summed E-state index contributed by atoms with van der Waals surface area (Å²) in [4.78, 5) is 27.1. The lowest BCUT2D eigenvalue weighted by molar-refractivity contribution is -0.129. The highest BCUT2D eigenvalue weighted by atomic mass is 32.2. The van der Waals surface area contributed by atoms with Gasteiger partial charge < -0.3 is 5.73 Å². The van der Waals surface area contributed by atoms with Gasteiger partial charge in [0.2, 0.25) is 5.91 Å². The van der Waals surface area contributed by atoms with Gasteiger partial charge in [0.05, 0.1) is 0 Å². The van der Waals surface area contributed by atoms with Crippen molar-refractivity contribution in [3.05, 3.63) is 30.8 Å². The molecule has 0 aliphatic carbocycles. The molecule has 8 heteroatoms. The van der Waals surface area contributed by atoms with Crippen molar-refractivity contribution in [1.82, 2.24) is 9.29 Å². The molecule has 1 amide bonds. The van der Waals surface area contributed by atoms with Crippen molar-refractivity contribution >= 4 is 21.7 Å². The van der Waals surface area contributed by atoms with Crippen LogP contribution in [0.15, 0.2) is 29.4 Å². The SMILES string of the molecule is NC(=O)C1C(=O)[CH]CCCN1S(=O)(=O)c1ccccn1. The highest BCUT2D eigenvalue weighted by molar-refractivity contribution is 7.89. The number of carbonyl (C=O) groups excluding carboxylic acids is 2. The molecular formula is C12H14N3O4S. The Morgan fingerprint density at radius 2 is 2.15 bits per heavy atom. The van der Waals surface area contributed by atoms with Crippen LogP contribution in [0.4, 0.5) is 0 Å². The Hall–Kier alpha value is -1.80. The van der Waals surface area contributed by atoms with E-state index in [9.17, 15) is 18.0 Å². The van der Waals surface area contributed by atoms with Crippen LogP contribution < -0.4 is 5.73 Å². The maximum Gasteiger partial charge on any atom is 0.261 e. The largest absolute Gasteiger partial charge is 0.368 e. The monoisotopic (exact) mass is 296 g/mol. The second-order valence-electron chi connectivity index (χ2n) is 4.34. The summed E-state index contributed by atoms with van der Waals surface area (Å²) in [6, 6.07) is 2.91. The quantitative estimate of drug-likeness (QED) is 0.755. The van der Waals surface area contributed by atoms with Crippen molar-refractivity contribution in [1.29, 1.82) is 0 Å². The second-order valence-corrected chi connectivity index (χ2v) is 6.17. The van der Waals surface area contributed by atoms with E-state index in [0.717, 1.165) is 4.31 Å². The highest BCUT2D eigenvalue weighted by Gasteiger charge is 2.40. The average molecular weight is 296 g/mol. The van der Waals surface area contributed by atoms with E-state index in [1.54, 1.807) is 6.07 Å². The molecule has 2 rings (SSSR count). The highest BCUT2D eigenvalue weighted by Crippen LogP contribution is 2.21. The summed E-state index contributed by atoms with van der Waals surface area (Å²) >= 11 is 0. The molecule has 0 spiro atoms. The summed E-state index contributed by atoms with van der Waals surface area (Å²) < 4.78 is 25.8. The van der Waals surface area contributed by atoms with Gasteiger partial charge in [-0.1, -0.05) is 6.07 Å². The molecule has 0 saturated carbocycles. The Morgan fingerprint density at radius 1 is 1.40 bits per heavy atom. The first kappa shape index (κ1) is 14.6. The summed E-state index contributed by atoms with van der Waals surface area (Å²) in [5.41, 5.74) is 5.19. The Kier molecular flexibility index (Phi) is 4.15. The van der Waals surface area contributed by atoms with Gasteiger partial charge in [0, 0.05) is 19.2 Å². The van der Waals surface area contributed by atoms with Gasteiger partial charge in [0.1, 0.15) is 0 Å². The summed E-state index contributed by atoms with van der Waals surface area (Å²) in [7, 11) is -4.03. The predicted octanol–water partition coefficient (Wildman–Crippen LogP) is -0.507. The van der Waals surface area contributed by atoms with Crippen molar-refractivity contribution < 1.29 is 18.0 Å². The lowest BCUT2D eigenvalue weighted by Crippen LogP contribution is -2.51. The zero-order chi connectivity index (χ0) is 14.8. The molecule has 1 unspecified atom stereocenters. The number of pyridine rings is 1.